The second-order valence-electron chi connectivity index (χ2n) is 8.73. The number of guanidine groups is 1. The number of nitrogens with one attached hydrogen (secondary N) is 3. The molecule has 12 N–H and O–H groups in total. The average Bonchev–Trinajstić information content (AvgIpc) is 3.44. The molecule has 3 atom stereocenters. The van der Waals surface area contributed by atoms with Gasteiger partial charge in [-0.1, -0.05) is 18.2 Å². The van der Waals surface area contributed by atoms with Crippen LogP contribution in [0.3, 0.4) is 0 Å². The molecule has 39 heavy (non-hydrogen) atoms. The van der Waals surface area contributed by atoms with Crippen LogP contribution in [-0.2, 0) is 14.4 Å². The quantitative estimate of drug-likeness (QED) is 0.0758. The van der Waals surface area contributed by atoms with Crippen LogP contribution in [0.15, 0.2) is 46.8 Å². The molecule has 212 valence electrons. The van der Waals surface area contributed by atoms with E-state index in [1.807, 2.05) is 0 Å². The van der Waals surface area contributed by atoms with Crippen LogP contribution in [-0.4, -0.2) is 59.9 Å². The zero-order valence-corrected chi connectivity index (χ0v) is 22.3. The van der Waals surface area contributed by atoms with Crippen LogP contribution in [0.4, 0.5) is 0 Å². The molecule has 0 unspecified atom stereocenters. The molecule has 1 aromatic carbocycles. The van der Waals surface area contributed by atoms with E-state index in [9.17, 15) is 24.3 Å². The number of hydrogen-bond acceptors (Lipinski definition) is 8. The second-order valence-corrected chi connectivity index (χ2v) is 9.68. The Bertz CT molecular complexity index is 1120. The Hall–Kier alpha value is -4.17. The normalized spacial score (nSPS) is 12.9. The highest BCUT2D eigenvalue weighted by atomic mass is 32.1. The van der Waals surface area contributed by atoms with Gasteiger partial charge >= 0.3 is 0 Å². The summed E-state index contributed by atoms with van der Waals surface area (Å²) in [6.45, 7) is 0.637. The Morgan fingerprint density at radius 1 is 0.872 bits per heavy atom. The number of nitrogens with zero attached hydrogens (tertiary/aromatic N) is 1. The number of carbonyl (C=O) groups is 4. The van der Waals surface area contributed by atoms with Gasteiger partial charge in [-0.2, -0.15) is 0 Å². The Morgan fingerprint density at radius 2 is 1.51 bits per heavy atom. The van der Waals surface area contributed by atoms with Gasteiger partial charge in [-0.3, -0.25) is 24.2 Å². The SMILES string of the molecule is NCCCC[C@H](NC(=O)[C@H](CCCN=C(N)N)NC(=O)c1cccs1)C(=O)N[C@H](C(N)=O)c1ccc(O)cc1. The van der Waals surface area contributed by atoms with Crippen LogP contribution >= 0.6 is 11.3 Å². The maximum Gasteiger partial charge on any atom is 0.261 e. The van der Waals surface area contributed by atoms with Gasteiger partial charge in [-0.05, 0) is 67.8 Å². The van der Waals surface area contributed by atoms with Crippen molar-refractivity contribution in [3.8, 4) is 5.75 Å². The van der Waals surface area contributed by atoms with Gasteiger partial charge in [0.25, 0.3) is 5.91 Å². The molecule has 0 saturated heterocycles. The smallest absolute Gasteiger partial charge is 0.261 e. The third-order valence-corrected chi connectivity index (χ3v) is 6.56. The van der Waals surface area contributed by atoms with E-state index >= 15 is 0 Å². The molecule has 0 aliphatic carbocycles. The van der Waals surface area contributed by atoms with Crippen LogP contribution in [0.1, 0.15) is 53.4 Å². The molecule has 2 rings (SSSR count). The maximum atomic E-state index is 13.3. The first-order chi connectivity index (χ1) is 18.6. The van der Waals surface area contributed by atoms with Gasteiger partial charge in [-0.15, -0.1) is 11.3 Å². The molecule has 0 spiro atoms. The molecule has 0 radical (unpaired) electrons. The highest BCUT2D eigenvalue weighted by Crippen LogP contribution is 2.17. The molecule has 13 nitrogen and oxygen atoms in total. The van der Waals surface area contributed by atoms with Crippen molar-refractivity contribution in [3.63, 3.8) is 0 Å². The van der Waals surface area contributed by atoms with Crippen molar-refractivity contribution in [3.05, 3.63) is 52.2 Å². The molecule has 1 heterocycles. The number of nitrogens with two attached hydrogens (primary N) is 4. The van der Waals surface area contributed by atoms with E-state index < -0.39 is 41.8 Å². The van der Waals surface area contributed by atoms with Gasteiger partial charge in [0.1, 0.15) is 23.9 Å². The number of carbonyl (C=O) groups excluding carboxylic acids is 4. The minimum Gasteiger partial charge on any atom is -0.508 e. The molecular formula is C25H36N8O5S. The molecule has 0 bridgehead atoms. The van der Waals surface area contributed by atoms with Gasteiger partial charge in [0.05, 0.1) is 4.88 Å². The Balaban J connectivity index is 2.20. The summed E-state index contributed by atoms with van der Waals surface area (Å²) < 4.78 is 0. The van der Waals surface area contributed by atoms with Crippen molar-refractivity contribution in [1.82, 2.24) is 16.0 Å². The van der Waals surface area contributed by atoms with Gasteiger partial charge in [0.2, 0.25) is 17.7 Å². The largest absolute Gasteiger partial charge is 0.508 e. The molecule has 0 aliphatic rings. The molecule has 1 aromatic heterocycles. The Kier molecular flexibility index (Phi) is 12.7. The van der Waals surface area contributed by atoms with E-state index in [4.69, 9.17) is 22.9 Å². The number of rotatable bonds is 16. The topological polar surface area (TPSA) is 241 Å². The van der Waals surface area contributed by atoms with Crippen LogP contribution in [0, 0.1) is 0 Å². The molecule has 14 heteroatoms. The van der Waals surface area contributed by atoms with Gasteiger partial charge < -0.3 is 44.0 Å². The van der Waals surface area contributed by atoms with Crippen molar-refractivity contribution < 1.29 is 24.3 Å². The lowest BCUT2D eigenvalue weighted by Crippen LogP contribution is -2.54. The highest BCUT2D eigenvalue weighted by molar-refractivity contribution is 7.12. The number of primary amides is 1. The van der Waals surface area contributed by atoms with E-state index in [-0.39, 0.29) is 31.1 Å². The summed E-state index contributed by atoms with van der Waals surface area (Å²) in [6, 6.07) is 5.77. The summed E-state index contributed by atoms with van der Waals surface area (Å²) in [5.41, 5.74) is 22.2. The van der Waals surface area contributed by atoms with Crippen molar-refractivity contribution in [1.29, 1.82) is 0 Å². The average molecular weight is 561 g/mol. The first kappa shape index (κ1) is 31.1. The standard InChI is InChI=1S/C25H36N8O5S/c26-12-2-1-5-17(23(37)33-20(21(27)35)15-8-10-16(34)11-9-15)31-22(36)18(6-3-13-30-25(28)29)32-24(38)19-7-4-14-39-19/h4,7-11,14,17-18,20,34H,1-3,5-6,12-13,26H2,(H2,27,35)(H,31,36)(H,32,38)(H,33,37)(H4,28,29,30)/t17-,18-,20-/m0/s1. The molecule has 2 aromatic rings. The minimum atomic E-state index is -1.19. The molecule has 4 amide bonds. The molecule has 0 saturated carbocycles. The summed E-state index contributed by atoms with van der Waals surface area (Å²) in [5, 5.41) is 19.3. The predicted molar refractivity (Wildman–Crippen MR) is 149 cm³/mol. The Morgan fingerprint density at radius 3 is 2.10 bits per heavy atom. The van der Waals surface area contributed by atoms with E-state index in [1.54, 1.807) is 17.5 Å². The number of phenols is 1. The highest BCUT2D eigenvalue weighted by Gasteiger charge is 2.29. The number of aliphatic imine (C=N–C) groups is 1. The van der Waals surface area contributed by atoms with Gasteiger partial charge in [0, 0.05) is 6.54 Å². The fraction of sp³-hybridized carbons (Fsp3) is 0.400. The number of benzene rings is 1. The van der Waals surface area contributed by atoms with E-state index in [1.165, 1.54) is 35.6 Å². The third kappa shape index (κ3) is 10.6. The number of amides is 4. The van der Waals surface area contributed by atoms with Crippen molar-refractivity contribution >= 4 is 40.9 Å². The summed E-state index contributed by atoms with van der Waals surface area (Å²) in [6.07, 6.45) is 1.94. The summed E-state index contributed by atoms with van der Waals surface area (Å²) in [4.78, 5) is 55.7. The number of hydrogen-bond donors (Lipinski definition) is 8. The molecular weight excluding hydrogens is 524 g/mol. The van der Waals surface area contributed by atoms with Crippen LogP contribution in [0.5, 0.6) is 5.75 Å². The van der Waals surface area contributed by atoms with E-state index in [0.717, 1.165) is 0 Å². The number of phenolic OH excluding ortho intramolecular Hbond substituents is 1. The maximum absolute atomic E-state index is 13.3. The molecule has 0 fully saturated rings. The fourth-order valence-electron chi connectivity index (χ4n) is 3.67. The zero-order valence-electron chi connectivity index (χ0n) is 21.5. The summed E-state index contributed by atoms with van der Waals surface area (Å²) >= 11 is 1.22. The number of aromatic hydroxyl groups is 1. The zero-order chi connectivity index (χ0) is 28.8. The number of thiophene rings is 1. The summed E-state index contributed by atoms with van der Waals surface area (Å²) in [7, 11) is 0. The minimum absolute atomic E-state index is 0.0179. The number of unbranched alkanes of at least 4 members (excludes halogenated alkanes) is 1. The first-order valence-electron chi connectivity index (χ1n) is 12.4. The summed E-state index contributed by atoms with van der Waals surface area (Å²) in [5.74, 6) is -2.58. The van der Waals surface area contributed by atoms with E-state index in [2.05, 4.69) is 20.9 Å². The van der Waals surface area contributed by atoms with E-state index in [0.29, 0.717) is 36.2 Å². The van der Waals surface area contributed by atoms with Crippen molar-refractivity contribution in [2.45, 2.75) is 50.2 Å². The lowest BCUT2D eigenvalue weighted by Gasteiger charge is -2.25. The van der Waals surface area contributed by atoms with Crippen molar-refractivity contribution in [2.24, 2.45) is 27.9 Å². The van der Waals surface area contributed by atoms with Gasteiger partial charge in [-0.25, -0.2) is 0 Å². The van der Waals surface area contributed by atoms with Gasteiger partial charge in [0.15, 0.2) is 5.96 Å². The lowest BCUT2D eigenvalue weighted by atomic mass is 10.0. The van der Waals surface area contributed by atoms with Crippen LogP contribution in [0.25, 0.3) is 0 Å². The predicted octanol–water partition coefficient (Wildman–Crippen LogP) is -0.438. The van der Waals surface area contributed by atoms with Crippen LogP contribution in [0.2, 0.25) is 0 Å². The third-order valence-electron chi connectivity index (χ3n) is 5.69. The fourth-order valence-corrected chi connectivity index (χ4v) is 4.30. The Labute approximate surface area is 230 Å². The monoisotopic (exact) mass is 560 g/mol. The van der Waals surface area contributed by atoms with Crippen molar-refractivity contribution in [2.75, 3.05) is 13.1 Å². The molecule has 0 aliphatic heterocycles. The second kappa shape index (κ2) is 15.9. The van der Waals surface area contributed by atoms with Crippen LogP contribution < -0.4 is 38.9 Å². The first-order valence-corrected chi connectivity index (χ1v) is 13.3. The lowest BCUT2D eigenvalue weighted by molar-refractivity contribution is -0.132.